The average molecular weight is 366 g/mol. The van der Waals surface area contributed by atoms with Gasteiger partial charge in [-0.05, 0) is 70.4 Å². The average Bonchev–Trinajstić information content (AvgIpc) is 2.62. The topological polar surface area (TPSA) is 30.5 Å². The van der Waals surface area contributed by atoms with Gasteiger partial charge in [-0.3, -0.25) is 0 Å². The summed E-state index contributed by atoms with van der Waals surface area (Å²) in [5.74, 6) is 0. The van der Waals surface area contributed by atoms with E-state index in [1.165, 1.54) is 11.1 Å². The van der Waals surface area contributed by atoms with Gasteiger partial charge in [-0.25, -0.2) is 0 Å². The molecule has 0 bridgehead atoms. The number of nitrogens with one attached hydrogen (secondary N) is 1. The van der Waals surface area contributed by atoms with E-state index in [0.29, 0.717) is 0 Å². The van der Waals surface area contributed by atoms with Gasteiger partial charge in [0.2, 0.25) is 0 Å². The molecule has 0 saturated carbocycles. The lowest BCUT2D eigenvalue weighted by Gasteiger charge is -2.32. The van der Waals surface area contributed by atoms with Crippen molar-refractivity contribution in [1.82, 2.24) is 5.32 Å². The fraction of sp³-hybridized carbons (Fsp3) is 0.529. The van der Waals surface area contributed by atoms with Crippen molar-refractivity contribution in [2.75, 3.05) is 13.6 Å². The summed E-state index contributed by atoms with van der Waals surface area (Å²) in [6.45, 7) is 11.1. The molecule has 1 aliphatic heterocycles. The van der Waals surface area contributed by atoms with Crippen LogP contribution in [0.3, 0.4) is 0 Å². The Labute approximate surface area is 142 Å². The van der Waals surface area contributed by atoms with Crippen LogP contribution in [0.4, 0.5) is 0 Å². The Morgan fingerprint density at radius 3 is 2.36 bits per heavy atom. The SMILES string of the molecule is CNCC(=Cc1cc(Br)ccc1C)B1OC(C)(C)C(C)(C)O1. The highest BCUT2D eigenvalue weighted by Crippen LogP contribution is 2.38. The van der Waals surface area contributed by atoms with Gasteiger partial charge < -0.3 is 14.6 Å². The van der Waals surface area contributed by atoms with E-state index in [-0.39, 0.29) is 18.3 Å². The fourth-order valence-electron chi connectivity index (χ4n) is 2.37. The number of likely N-dealkylation sites (N-methyl/N-ethyl adjacent to an activating group) is 1. The second kappa shape index (κ2) is 6.48. The van der Waals surface area contributed by atoms with Gasteiger partial charge >= 0.3 is 7.12 Å². The first kappa shape index (κ1) is 17.7. The van der Waals surface area contributed by atoms with E-state index >= 15 is 0 Å². The second-order valence-corrected chi connectivity index (χ2v) is 7.75. The van der Waals surface area contributed by atoms with Gasteiger partial charge in [0, 0.05) is 11.0 Å². The van der Waals surface area contributed by atoms with Gasteiger partial charge in [0.1, 0.15) is 0 Å². The van der Waals surface area contributed by atoms with Crippen LogP contribution in [0.25, 0.3) is 6.08 Å². The Kier molecular flexibility index (Phi) is 5.22. The Bertz CT molecular complexity index is 568. The van der Waals surface area contributed by atoms with Crippen LogP contribution in [0, 0.1) is 6.92 Å². The molecule has 1 saturated heterocycles. The molecule has 0 aromatic heterocycles. The zero-order valence-electron chi connectivity index (χ0n) is 14.3. The summed E-state index contributed by atoms with van der Waals surface area (Å²) in [5.41, 5.74) is 2.86. The van der Waals surface area contributed by atoms with Crippen LogP contribution in [0.15, 0.2) is 28.1 Å². The van der Waals surface area contributed by atoms with E-state index in [1.54, 1.807) is 0 Å². The van der Waals surface area contributed by atoms with Crippen LogP contribution >= 0.6 is 15.9 Å². The molecule has 1 fully saturated rings. The summed E-state index contributed by atoms with van der Waals surface area (Å²) in [4.78, 5) is 0. The van der Waals surface area contributed by atoms with Crippen molar-refractivity contribution in [3.63, 3.8) is 0 Å². The Hall–Kier alpha value is -0.615. The van der Waals surface area contributed by atoms with E-state index in [9.17, 15) is 0 Å². The normalized spacial score (nSPS) is 20.5. The molecule has 2 rings (SSSR count). The highest BCUT2D eigenvalue weighted by Gasteiger charge is 2.52. The summed E-state index contributed by atoms with van der Waals surface area (Å²) in [6.07, 6.45) is 2.17. The molecule has 0 aliphatic carbocycles. The predicted molar refractivity (Wildman–Crippen MR) is 96.9 cm³/mol. The summed E-state index contributed by atoms with van der Waals surface area (Å²) in [5, 5.41) is 3.21. The molecule has 0 amide bonds. The molecule has 5 heteroatoms. The number of rotatable bonds is 4. The lowest BCUT2D eigenvalue weighted by atomic mass is 9.76. The van der Waals surface area contributed by atoms with Gasteiger partial charge in [-0.15, -0.1) is 0 Å². The van der Waals surface area contributed by atoms with Crippen molar-refractivity contribution < 1.29 is 9.31 Å². The Balaban J connectivity index is 2.35. The molecule has 1 heterocycles. The summed E-state index contributed by atoms with van der Waals surface area (Å²) >= 11 is 3.54. The molecule has 1 aromatic carbocycles. The van der Waals surface area contributed by atoms with Gasteiger partial charge in [0.15, 0.2) is 0 Å². The number of hydrogen-bond acceptors (Lipinski definition) is 3. The van der Waals surface area contributed by atoms with E-state index in [1.807, 2.05) is 7.05 Å². The maximum atomic E-state index is 6.18. The first-order valence-corrected chi connectivity index (χ1v) is 8.42. The molecule has 0 unspecified atom stereocenters. The summed E-state index contributed by atoms with van der Waals surface area (Å²) < 4.78 is 13.4. The number of hydrogen-bond donors (Lipinski definition) is 1. The quantitative estimate of drug-likeness (QED) is 0.818. The maximum Gasteiger partial charge on any atom is 0.491 e. The van der Waals surface area contributed by atoms with E-state index in [2.05, 4.69) is 80.1 Å². The molecule has 1 aliphatic rings. The minimum absolute atomic E-state index is 0.323. The third-order valence-corrected chi connectivity index (χ3v) is 5.01. The van der Waals surface area contributed by atoms with E-state index in [0.717, 1.165) is 16.5 Å². The first-order valence-electron chi connectivity index (χ1n) is 7.63. The molecular weight excluding hydrogens is 341 g/mol. The van der Waals surface area contributed by atoms with Gasteiger partial charge in [0.25, 0.3) is 0 Å². The molecular formula is C17H25BBrNO2. The maximum absolute atomic E-state index is 6.18. The van der Waals surface area contributed by atoms with Crippen LogP contribution in [0.5, 0.6) is 0 Å². The third-order valence-electron chi connectivity index (χ3n) is 4.52. The van der Waals surface area contributed by atoms with Crippen LogP contribution in [-0.4, -0.2) is 31.9 Å². The molecule has 22 heavy (non-hydrogen) atoms. The van der Waals surface area contributed by atoms with E-state index < -0.39 is 0 Å². The number of aryl methyl sites for hydroxylation is 1. The fourth-order valence-corrected chi connectivity index (χ4v) is 2.75. The second-order valence-electron chi connectivity index (χ2n) is 6.84. The molecule has 0 radical (unpaired) electrons. The zero-order chi connectivity index (χ0) is 16.5. The Morgan fingerprint density at radius 2 is 1.82 bits per heavy atom. The standard InChI is InChI=1S/C17H25BBrNO2/c1-12-7-8-15(19)10-13(12)9-14(11-20-6)18-21-16(2,3)17(4,5)22-18/h7-10,20H,11H2,1-6H3. The molecule has 3 nitrogen and oxygen atoms in total. The number of halogens is 1. The highest BCUT2D eigenvalue weighted by molar-refractivity contribution is 9.10. The van der Waals surface area contributed by atoms with Crippen LogP contribution in [-0.2, 0) is 9.31 Å². The smallest absolute Gasteiger partial charge is 0.400 e. The van der Waals surface area contributed by atoms with Gasteiger partial charge in [0.05, 0.1) is 11.2 Å². The van der Waals surface area contributed by atoms with Crippen molar-refractivity contribution in [2.24, 2.45) is 0 Å². The van der Waals surface area contributed by atoms with Crippen LogP contribution in [0.2, 0.25) is 0 Å². The van der Waals surface area contributed by atoms with Crippen molar-refractivity contribution in [1.29, 1.82) is 0 Å². The molecule has 1 N–H and O–H groups in total. The van der Waals surface area contributed by atoms with Crippen molar-refractivity contribution in [3.05, 3.63) is 39.3 Å². The molecule has 0 spiro atoms. The largest absolute Gasteiger partial charge is 0.491 e. The van der Waals surface area contributed by atoms with Crippen molar-refractivity contribution in [3.8, 4) is 0 Å². The van der Waals surface area contributed by atoms with Crippen molar-refractivity contribution >= 4 is 29.1 Å². The zero-order valence-corrected chi connectivity index (χ0v) is 15.9. The monoisotopic (exact) mass is 365 g/mol. The minimum Gasteiger partial charge on any atom is -0.400 e. The summed E-state index contributed by atoms with van der Waals surface area (Å²) in [6, 6.07) is 6.28. The first-order chi connectivity index (χ1) is 10.2. The summed E-state index contributed by atoms with van der Waals surface area (Å²) in [7, 11) is 1.61. The Morgan fingerprint density at radius 1 is 1.23 bits per heavy atom. The lowest BCUT2D eigenvalue weighted by molar-refractivity contribution is 0.00578. The third kappa shape index (κ3) is 3.65. The van der Waals surface area contributed by atoms with E-state index in [4.69, 9.17) is 9.31 Å². The molecule has 1 aromatic rings. The van der Waals surface area contributed by atoms with Gasteiger partial charge in [-0.2, -0.15) is 0 Å². The van der Waals surface area contributed by atoms with Crippen molar-refractivity contribution in [2.45, 2.75) is 45.8 Å². The number of benzene rings is 1. The van der Waals surface area contributed by atoms with Crippen LogP contribution in [0.1, 0.15) is 38.8 Å². The lowest BCUT2D eigenvalue weighted by Crippen LogP contribution is -2.41. The predicted octanol–water partition coefficient (Wildman–Crippen LogP) is 3.99. The highest BCUT2D eigenvalue weighted by atomic mass is 79.9. The van der Waals surface area contributed by atoms with Gasteiger partial charge in [-0.1, -0.05) is 28.1 Å². The molecule has 0 atom stereocenters. The van der Waals surface area contributed by atoms with Crippen LogP contribution < -0.4 is 5.32 Å². The molecule has 120 valence electrons. The minimum atomic E-state index is -0.323.